The molecule has 0 aliphatic rings. The molecule has 2 rings (SSSR count). The number of aromatic nitrogens is 2. The molecule has 0 spiro atoms. The van der Waals surface area contributed by atoms with Crippen LogP contribution in [0.25, 0.3) is 0 Å². The highest BCUT2D eigenvalue weighted by molar-refractivity contribution is 5.32. The van der Waals surface area contributed by atoms with Crippen LogP contribution in [-0.2, 0) is 0 Å². The first kappa shape index (κ1) is 9.98. The second-order valence-corrected chi connectivity index (χ2v) is 3.62. The maximum absolute atomic E-state index is 5.52. The minimum absolute atomic E-state index is 0.140. The van der Waals surface area contributed by atoms with Gasteiger partial charge in [0.05, 0.1) is 12.2 Å². The molecule has 4 nitrogen and oxygen atoms in total. The molecule has 0 radical (unpaired) electrons. The molecule has 0 saturated carbocycles. The third-order valence-electron chi connectivity index (χ3n) is 2.53. The Morgan fingerprint density at radius 1 is 1.47 bits per heavy atom. The Labute approximate surface area is 88.7 Å². The summed E-state index contributed by atoms with van der Waals surface area (Å²) in [5, 5.41) is 10.0. The minimum Gasteiger partial charge on any atom is -0.466 e. The van der Waals surface area contributed by atoms with E-state index in [1.807, 2.05) is 33.3 Å². The van der Waals surface area contributed by atoms with Crippen LogP contribution < -0.4 is 5.32 Å². The van der Waals surface area contributed by atoms with Crippen LogP contribution in [0.1, 0.15) is 28.7 Å². The fourth-order valence-electron chi connectivity index (χ4n) is 1.86. The van der Waals surface area contributed by atoms with E-state index in [4.69, 9.17) is 4.42 Å². The standard InChI is InChI=1S/C11H15N3O/c1-7-4-10(8(2)15-7)11(12-3)9-5-13-14-6-9/h4-6,11-12H,1-3H3,(H,13,14). The Balaban J connectivity index is 2.39. The Bertz CT molecular complexity index is 431. The van der Waals surface area contributed by atoms with Crippen LogP contribution in [0.15, 0.2) is 22.9 Å². The zero-order valence-corrected chi connectivity index (χ0v) is 9.16. The molecule has 2 N–H and O–H groups in total. The van der Waals surface area contributed by atoms with E-state index in [1.54, 1.807) is 0 Å². The van der Waals surface area contributed by atoms with Crippen molar-refractivity contribution in [3.05, 3.63) is 41.1 Å². The van der Waals surface area contributed by atoms with Gasteiger partial charge in [-0.15, -0.1) is 0 Å². The van der Waals surface area contributed by atoms with E-state index in [2.05, 4.69) is 21.6 Å². The number of furan rings is 1. The number of H-pyrrole nitrogens is 1. The van der Waals surface area contributed by atoms with Gasteiger partial charge in [-0.2, -0.15) is 5.10 Å². The Morgan fingerprint density at radius 3 is 2.73 bits per heavy atom. The van der Waals surface area contributed by atoms with Gasteiger partial charge in [-0.05, 0) is 27.0 Å². The van der Waals surface area contributed by atoms with Crippen molar-refractivity contribution < 1.29 is 4.42 Å². The van der Waals surface area contributed by atoms with Crippen molar-refractivity contribution in [2.75, 3.05) is 7.05 Å². The van der Waals surface area contributed by atoms with Gasteiger partial charge in [-0.1, -0.05) is 0 Å². The van der Waals surface area contributed by atoms with Crippen molar-refractivity contribution in [3.8, 4) is 0 Å². The molecule has 80 valence electrons. The fourth-order valence-corrected chi connectivity index (χ4v) is 1.86. The lowest BCUT2D eigenvalue weighted by Crippen LogP contribution is -2.17. The van der Waals surface area contributed by atoms with Gasteiger partial charge in [-0.25, -0.2) is 0 Å². The molecule has 0 aromatic carbocycles. The molecule has 1 atom stereocenters. The summed E-state index contributed by atoms with van der Waals surface area (Å²) in [7, 11) is 1.93. The summed E-state index contributed by atoms with van der Waals surface area (Å²) in [6.45, 7) is 3.94. The summed E-state index contributed by atoms with van der Waals surface area (Å²) in [5.41, 5.74) is 2.28. The van der Waals surface area contributed by atoms with E-state index in [0.29, 0.717) is 0 Å². The molecule has 0 amide bonds. The highest BCUT2D eigenvalue weighted by atomic mass is 16.3. The van der Waals surface area contributed by atoms with E-state index in [1.165, 1.54) is 0 Å². The Hall–Kier alpha value is -1.55. The number of nitrogens with zero attached hydrogens (tertiary/aromatic N) is 1. The van der Waals surface area contributed by atoms with Crippen molar-refractivity contribution >= 4 is 0 Å². The van der Waals surface area contributed by atoms with Crippen molar-refractivity contribution in [3.63, 3.8) is 0 Å². The molecule has 2 aromatic rings. The minimum atomic E-state index is 0.140. The zero-order valence-electron chi connectivity index (χ0n) is 9.16. The molecule has 0 aliphatic heterocycles. The van der Waals surface area contributed by atoms with Crippen LogP contribution >= 0.6 is 0 Å². The fraction of sp³-hybridized carbons (Fsp3) is 0.364. The van der Waals surface area contributed by atoms with Crippen LogP contribution in [0, 0.1) is 13.8 Å². The molecule has 2 heterocycles. The monoisotopic (exact) mass is 205 g/mol. The van der Waals surface area contributed by atoms with Gasteiger partial charge in [0.25, 0.3) is 0 Å². The zero-order chi connectivity index (χ0) is 10.8. The normalized spacial score (nSPS) is 13.0. The topological polar surface area (TPSA) is 53.9 Å². The van der Waals surface area contributed by atoms with Crippen LogP contribution in [0.3, 0.4) is 0 Å². The highest BCUT2D eigenvalue weighted by Crippen LogP contribution is 2.26. The van der Waals surface area contributed by atoms with Gasteiger partial charge < -0.3 is 9.73 Å². The average molecular weight is 205 g/mol. The van der Waals surface area contributed by atoms with Crippen LogP contribution in [0.2, 0.25) is 0 Å². The molecular formula is C11H15N3O. The third kappa shape index (κ3) is 1.80. The van der Waals surface area contributed by atoms with Crippen LogP contribution in [0.5, 0.6) is 0 Å². The number of nitrogens with one attached hydrogen (secondary N) is 2. The second kappa shape index (κ2) is 3.90. The number of rotatable bonds is 3. The second-order valence-electron chi connectivity index (χ2n) is 3.62. The average Bonchev–Trinajstić information content (AvgIpc) is 2.79. The molecule has 1 unspecified atom stereocenters. The molecule has 0 fully saturated rings. The Kier molecular flexibility index (Phi) is 2.60. The summed E-state index contributed by atoms with van der Waals surface area (Å²) >= 11 is 0. The SMILES string of the molecule is CNC(c1cn[nH]c1)c1cc(C)oc1C. The van der Waals surface area contributed by atoms with E-state index >= 15 is 0 Å². The van der Waals surface area contributed by atoms with E-state index in [9.17, 15) is 0 Å². The quantitative estimate of drug-likeness (QED) is 0.805. The Morgan fingerprint density at radius 2 is 2.27 bits per heavy atom. The molecule has 0 aliphatic carbocycles. The van der Waals surface area contributed by atoms with Gasteiger partial charge in [0.2, 0.25) is 0 Å². The van der Waals surface area contributed by atoms with Crippen molar-refractivity contribution in [1.82, 2.24) is 15.5 Å². The summed E-state index contributed by atoms with van der Waals surface area (Å²) in [4.78, 5) is 0. The van der Waals surface area contributed by atoms with Gasteiger partial charge in [0, 0.05) is 17.3 Å². The number of hydrogen-bond acceptors (Lipinski definition) is 3. The third-order valence-corrected chi connectivity index (χ3v) is 2.53. The molecular weight excluding hydrogens is 190 g/mol. The highest BCUT2D eigenvalue weighted by Gasteiger charge is 2.17. The lowest BCUT2D eigenvalue weighted by atomic mass is 10.0. The van der Waals surface area contributed by atoms with Crippen LogP contribution in [0.4, 0.5) is 0 Å². The van der Waals surface area contributed by atoms with Crippen molar-refractivity contribution in [2.24, 2.45) is 0 Å². The van der Waals surface area contributed by atoms with Crippen molar-refractivity contribution in [2.45, 2.75) is 19.9 Å². The van der Waals surface area contributed by atoms with Crippen LogP contribution in [-0.4, -0.2) is 17.2 Å². The molecule has 2 aromatic heterocycles. The van der Waals surface area contributed by atoms with Gasteiger partial charge in [0.15, 0.2) is 0 Å². The summed E-state index contributed by atoms with van der Waals surface area (Å²) < 4.78 is 5.52. The molecule has 4 heteroatoms. The van der Waals surface area contributed by atoms with E-state index in [-0.39, 0.29) is 6.04 Å². The smallest absolute Gasteiger partial charge is 0.106 e. The summed E-state index contributed by atoms with van der Waals surface area (Å²) in [6, 6.07) is 2.20. The first-order valence-electron chi connectivity index (χ1n) is 4.95. The molecule has 0 saturated heterocycles. The number of aromatic amines is 1. The maximum atomic E-state index is 5.52. The first-order valence-corrected chi connectivity index (χ1v) is 4.95. The first-order chi connectivity index (χ1) is 7.22. The molecule has 15 heavy (non-hydrogen) atoms. The van der Waals surface area contributed by atoms with Gasteiger partial charge in [-0.3, -0.25) is 5.10 Å². The largest absolute Gasteiger partial charge is 0.466 e. The van der Waals surface area contributed by atoms with E-state index < -0.39 is 0 Å². The van der Waals surface area contributed by atoms with Crippen molar-refractivity contribution in [1.29, 1.82) is 0 Å². The summed E-state index contributed by atoms with van der Waals surface area (Å²) in [6.07, 6.45) is 3.71. The van der Waals surface area contributed by atoms with Gasteiger partial charge in [0.1, 0.15) is 11.5 Å². The predicted molar refractivity (Wildman–Crippen MR) is 57.7 cm³/mol. The number of aryl methyl sites for hydroxylation is 2. The summed E-state index contributed by atoms with van der Waals surface area (Å²) in [5.74, 6) is 1.89. The lowest BCUT2D eigenvalue weighted by Gasteiger charge is -2.12. The van der Waals surface area contributed by atoms with E-state index in [0.717, 1.165) is 22.6 Å². The lowest BCUT2D eigenvalue weighted by molar-refractivity contribution is 0.497. The van der Waals surface area contributed by atoms with Gasteiger partial charge >= 0.3 is 0 Å². The predicted octanol–water partition coefficient (Wildman–Crippen LogP) is 1.93. The number of hydrogen-bond donors (Lipinski definition) is 2. The molecule has 0 bridgehead atoms. The maximum Gasteiger partial charge on any atom is 0.106 e.